The number of alkyl halides is 3. The normalized spacial score (nSPS) is 11.6. The van der Waals surface area contributed by atoms with E-state index >= 15 is 0 Å². The van der Waals surface area contributed by atoms with Crippen LogP contribution in [0.2, 0.25) is 0 Å². The fourth-order valence-corrected chi connectivity index (χ4v) is 2.53. The van der Waals surface area contributed by atoms with Gasteiger partial charge < -0.3 is 10.6 Å². The van der Waals surface area contributed by atoms with Gasteiger partial charge in [0.05, 0.1) is 28.7 Å². The van der Waals surface area contributed by atoms with Crippen molar-refractivity contribution in [3.63, 3.8) is 0 Å². The van der Waals surface area contributed by atoms with Gasteiger partial charge in [-0.25, -0.2) is 4.98 Å². The van der Waals surface area contributed by atoms with E-state index in [-0.39, 0.29) is 0 Å². The monoisotopic (exact) mass is 346 g/mol. The van der Waals surface area contributed by atoms with Crippen molar-refractivity contribution in [2.75, 3.05) is 17.2 Å². The van der Waals surface area contributed by atoms with Gasteiger partial charge in [-0.1, -0.05) is 6.07 Å². The standard InChI is InChI=1S/C18H17F3N4/c1-3-22-15-10-23-14-8-7-11(2)24-16(14)17(15)25-13-6-4-5-12(9-13)18(19,20)21/h4-10,22H,3H2,1-2H3,(H,23,25). The van der Waals surface area contributed by atoms with E-state index in [0.29, 0.717) is 34.6 Å². The molecule has 0 radical (unpaired) electrons. The van der Waals surface area contributed by atoms with Crippen LogP contribution in [-0.4, -0.2) is 16.5 Å². The van der Waals surface area contributed by atoms with Crippen molar-refractivity contribution in [3.05, 3.63) is 53.9 Å². The first-order valence-electron chi connectivity index (χ1n) is 7.83. The summed E-state index contributed by atoms with van der Waals surface area (Å²) in [6.07, 6.45) is -2.74. The highest BCUT2D eigenvalue weighted by Crippen LogP contribution is 2.34. The van der Waals surface area contributed by atoms with Crippen LogP contribution in [0.1, 0.15) is 18.2 Å². The molecule has 0 aliphatic carbocycles. The Kier molecular flexibility index (Phi) is 4.48. The molecule has 0 bridgehead atoms. The molecule has 2 N–H and O–H groups in total. The van der Waals surface area contributed by atoms with Crippen molar-refractivity contribution in [2.45, 2.75) is 20.0 Å². The van der Waals surface area contributed by atoms with Gasteiger partial charge in [0.1, 0.15) is 5.52 Å². The summed E-state index contributed by atoms with van der Waals surface area (Å²) in [6.45, 7) is 4.44. The van der Waals surface area contributed by atoms with Crippen molar-refractivity contribution >= 4 is 28.1 Å². The second-order valence-corrected chi connectivity index (χ2v) is 5.60. The van der Waals surface area contributed by atoms with Crippen LogP contribution in [0.25, 0.3) is 11.0 Å². The first kappa shape index (κ1) is 17.0. The summed E-state index contributed by atoms with van der Waals surface area (Å²) in [7, 11) is 0. The zero-order chi connectivity index (χ0) is 18.0. The number of nitrogens with zero attached hydrogens (tertiary/aromatic N) is 2. The predicted molar refractivity (Wildman–Crippen MR) is 93.2 cm³/mol. The molecule has 3 aromatic rings. The van der Waals surface area contributed by atoms with Gasteiger partial charge in [-0.05, 0) is 44.2 Å². The van der Waals surface area contributed by atoms with Gasteiger partial charge >= 0.3 is 6.18 Å². The van der Waals surface area contributed by atoms with Crippen LogP contribution in [0.5, 0.6) is 0 Å². The SMILES string of the molecule is CCNc1cnc2ccc(C)nc2c1Nc1cccc(C(F)(F)F)c1. The summed E-state index contributed by atoms with van der Waals surface area (Å²) in [4.78, 5) is 8.85. The van der Waals surface area contributed by atoms with Crippen molar-refractivity contribution in [3.8, 4) is 0 Å². The zero-order valence-electron chi connectivity index (χ0n) is 13.8. The highest BCUT2D eigenvalue weighted by Gasteiger charge is 2.30. The molecule has 1 aromatic carbocycles. The van der Waals surface area contributed by atoms with E-state index in [1.54, 1.807) is 12.3 Å². The van der Waals surface area contributed by atoms with Gasteiger partial charge in [-0.2, -0.15) is 13.2 Å². The lowest BCUT2D eigenvalue weighted by Gasteiger charge is -2.16. The molecule has 0 unspecified atom stereocenters. The molecule has 0 saturated heterocycles. The number of nitrogens with one attached hydrogen (secondary N) is 2. The van der Waals surface area contributed by atoms with Crippen LogP contribution in [0, 0.1) is 6.92 Å². The van der Waals surface area contributed by atoms with Crippen LogP contribution in [-0.2, 0) is 6.18 Å². The summed E-state index contributed by atoms with van der Waals surface area (Å²) in [6, 6.07) is 8.77. The molecule has 0 aliphatic rings. The minimum absolute atomic E-state index is 0.338. The van der Waals surface area contributed by atoms with Crippen molar-refractivity contribution < 1.29 is 13.2 Å². The van der Waals surface area contributed by atoms with E-state index in [1.165, 1.54) is 6.07 Å². The van der Waals surface area contributed by atoms with Gasteiger partial charge in [0, 0.05) is 17.9 Å². The third kappa shape index (κ3) is 3.65. The molecule has 25 heavy (non-hydrogen) atoms. The molecule has 2 heterocycles. The summed E-state index contributed by atoms with van der Waals surface area (Å²) in [5.41, 5.74) is 3.00. The number of pyridine rings is 2. The van der Waals surface area contributed by atoms with Crippen molar-refractivity contribution in [2.24, 2.45) is 0 Å². The molecule has 0 aliphatic heterocycles. The molecule has 0 amide bonds. The van der Waals surface area contributed by atoms with Crippen LogP contribution in [0.15, 0.2) is 42.6 Å². The molecule has 0 atom stereocenters. The molecule has 0 fully saturated rings. The van der Waals surface area contributed by atoms with Crippen LogP contribution in [0.3, 0.4) is 0 Å². The Morgan fingerprint density at radius 3 is 2.64 bits per heavy atom. The lowest BCUT2D eigenvalue weighted by molar-refractivity contribution is -0.137. The molecule has 3 rings (SSSR count). The number of hydrogen-bond donors (Lipinski definition) is 2. The quantitative estimate of drug-likeness (QED) is 0.687. The number of anilines is 3. The minimum Gasteiger partial charge on any atom is -0.382 e. The Balaban J connectivity index is 2.11. The van der Waals surface area contributed by atoms with Crippen molar-refractivity contribution in [1.29, 1.82) is 0 Å². The number of halogens is 3. The fraction of sp³-hybridized carbons (Fsp3) is 0.222. The van der Waals surface area contributed by atoms with Gasteiger partial charge in [-0.15, -0.1) is 0 Å². The average Bonchev–Trinajstić information content (AvgIpc) is 2.57. The zero-order valence-corrected chi connectivity index (χ0v) is 13.8. The molecule has 130 valence electrons. The van der Waals surface area contributed by atoms with E-state index < -0.39 is 11.7 Å². The first-order chi connectivity index (χ1) is 11.9. The number of aryl methyl sites for hydroxylation is 1. The van der Waals surface area contributed by atoms with E-state index in [9.17, 15) is 13.2 Å². The molecular formula is C18H17F3N4. The fourth-order valence-electron chi connectivity index (χ4n) is 2.53. The largest absolute Gasteiger partial charge is 0.416 e. The molecule has 0 spiro atoms. The number of benzene rings is 1. The maximum absolute atomic E-state index is 13.0. The molecular weight excluding hydrogens is 329 g/mol. The first-order valence-corrected chi connectivity index (χ1v) is 7.83. The lowest BCUT2D eigenvalue weighted by atomic mass is 10.1. The highest BCUT2D eigenvalue weighted by atomic mass is 19.4. The van der Waals surface area contributed by atoms with Crippen LogP contribution < -0.4 is 10.6 Å². The summed E-state index contributed by atoms with van der Waals surface area (Å²) < 4.78 is 38.9. The Hall–Kier alpha value is -2.83. The number of rotatable bonds is 4. The second kappa shape index (κ2) is 6.58. The average molecular weight is 346 g/mol. The Morgan fingerprint density at radius 2 is 1.92 bits per heavy atom. The van der Waals surface area contributed by atoms with Crippen LogP contribution in [0.4, 0.5) is 30.2 Å². The van der Waals surface area contributed by atoms with E-state index in [1.807, 2.05) is 26.0 Å². The van der Waals surface area contributed by atoms with Crippen LogP contribution >= 0.6 is 0 Å². The number of fused-ring (bicyclic) bond motifs is 1. The number of aromatic nitrogens is 2. The lowest BCUT2D eigenvalue weighted by Crippen LogP contribution is -2.07. The smallest absolute Gasteiger partial charge is 0.382 e. The highest BCUT2D eigenvalue weighted by molar-refractivity contribution is 5.96. The number of hydrogen-bond acceptors (Lipinski definition) is 4. The maximum Gasteiger partial charge on any atom is 0.416 e. The molecule has 2 aromatic heterocycles. The van der Waals surface area contributed by atoms with Gasteiger partial charge in [0.25, 0.3) is 0 Å². The third-order valence-electron chi connectivity index (χ3n) is 3.68. The molecule has 0 saturated carbocycles. The summed E-state index contributed by atoms with van der Waals surface area (Å²) >= 11 is 0. The second-order valence-electron chi connectivity index (χ2n) is 5.60. The molecule has 7 heteroatoms. The van der Waals surface area contributed by atoms with E-state index in [0.717, 1.165) is 17.8 Å². The van der Waals surface area contributed by atoms with Crippen molar-refractivity contribution in [1.82, 2.24) is 9.97 Å². The Labute approximate surface area is 143 Å². The topological polar surface area (TPSA) is 49.8 Å². The van der Waals surface area contributed by atoms with Gasteiger partial charge in [0.2, 0.25) is 0 Å². The minimum atomic E-state index is -4.39. The third-order valence-corrected chi connectivity index (χ3v) is 3.68. The maximum atomic E-state index is 13.0. The predicted octanol–water partition coefficient (Wildman–Crippen LogP) is 5.13. The Morgan fingerprint density at radius 1 is 1.12 bits per heavy atom. The summed E-state index contributed by atoms with van der Waals surface area (Å²) in [5.74, 6) is 0. The molecule has 4 nitrogen and oxygen atoms in total. The van der Waals surface area contributed by atoms with E-state index in [2.05, 4.69) is 20.6 Å². The summed E-state index contributed by atoms with van der Waals surface area (Å²) in [5, 5.41) is 6.24. The Bertz CT molecular complexity index is 906. The van der Waals surface area contributed by atoms with Gasteiger partial charge in [0.15, 0.2) is 0 Å². The van der Waals surface area contributed by atoms with Gasteiger partial charge in [-0.3, -0.25) is 4.98 Å². The van der Waals surface area contributed by atoms with E-state index in [4.69, 9.17) is 0 Å².